The maximum atomic E-state index is 12.6. The first-order chi connectivity index (χ1) is 12.2. The van der Waals surface area contributed by atoms with Gasteiger partial charge in [-0.05, 0) is 18.6 Å². The van der Waals surface area contributed by atoms with Crippen LogP contribution >= 0.6 is 11.3 Å². The summed E-state index contributed by atoms with van der Waals surface area (Å²) in [6.45, 7) is 3.03. The average molecular weight is 354 g/mol. The average Bonchev–Trinajstić information content (AvgIpc) is 3.28. The van der Waals surface area contributed by atoms with Gasteiger partial charge in [-0.2, -0.15) is 0 Å². The van der Waals surface area contributed by atoms with Crippen LogP contribution in [0.15, 0.2) is 12.1 Å². The summed E-state index contributed by atoms with van der Waals surface area (Å²) in [7, 11) is 0. The molecule has 25 heavy (non-hydrogen) atoms. The lowest BCUT2D eigenvalue weighted by atomic mass is 10.0. The number of thiazole rings is 1. The van der Waals surface area contributed by atoms with Crippen molar-refractivity contribution in [3.63, 3.8) is 0 Å². The third-order valence-electron chi connectivity index (χ3n) is 5.27. The van der Waals surface area contributed by atoms with E-state index in [-0.39, 0.29) is 18.1 Å². The van der Waals surface area contributed by atoms with Gasteiger partial charge in [-0.1, -0.05) is 17.3 Å². The molecule has 0 bridgehead atoms. The highest BCUT2D eigenvalue weighted by molar-refractivity contribution is 7.22. The van der Waals surface area contributed by atoms with E-state index < -0.39 is 0 Å². The van der Waals surface area contributed by atoms with Crippen LogP contribution in [0.25, 0.3) is 10.2 Å². The van der Waals surface area contributed by atoms with E-state index in [1.807, 2.05) is 17.0 Å². The number of aromatic nitrogens is 1. The number of hydrogen-bond donors (Lipinski definition) is 1. The van der Waals surface area contributed by atoms with Crippen molar-refractivity contribution in [2.75, 3.05) is 31.1 Å². The molecule has 2 aromatic rings. The number of nitrogens with zero attached hydrogens (tertiary/aromatic N) is 3. The van der Waals surface area contributed by atoms with Crippen molar-refractivity contribution in [3.8, 4) is 18.1 Å². The number of terminal acetylenes is 1. The summed E-state index contributed by atoms with van der Waals surface area (Å²) in [6, 6.07) is 4.25. The van der Waals surface area contributed by atoms with Crippen molar-refractivity contribution in [1.29, 1.82) is 0 Å². The quantitative estimate of drug-likeness (QED) is 0.836. The second-order valence-corrected chi connectivity index (χ2v) is 7.71. The number of likely N-dealkylation sites (tertiary alicyclic amines) is 1. The Balaban J connectivity index is 1.52. The second-order valence-electron chi connectivity index (χ2n) is 6.71. The number of urea groups is 1. The molecule has 0 aliphatic carbocycles. The number of rotatable bonds is 2. The van der Waals surface area contributed by atoms with Crippen LogP contribution in [0.3, 0.4) is 0 Å². The molecule has 3 aliphatic rings. The first-order valence-electron chi connectivity index (χ1n) is 8.55. The molecule has 0 spiro atoms. The van der Waals surface area contributed by atoms with Gasteiger partial charge < -0.3 is 10.1 Å². The lowest BCUT2D eigenvalue weighted by Crippen LogP contribution is -2.51. The van der Waals surface area contributed by atoms with E-state index in [1.54, 1.807) is 11.3 Å². The lowest BCUT2D eigenvalue weighted by molar-refractivity contribution is 0.216. The molecule has 0 unspecified atom stereocenters. The van der Waals surface area contributed by atoms with Crippen LogP contribution in [0, 0.1) is 12.3 Å². The van der Waals surface area contributed by atoms with Gasteiger partial charge in [0.2, 0.25) is 0 Å². The number of anilines is 1. The van der Waals surface area contributed by atoms with E-state index in [0.717, 1.165) is 52.6 Å². The topological polar surface area (TPSA) is 57.7 Å². The molecule has 2 atom stereocenters. The van der Waals surface area contributed by atoms with Crippen LogP contribution < -0.4 is 15.0 Å². The van der Waals surface area contributed by atoms with Crippen molar-refractivity contribution in [3.05, 3.63) is 17.7 Å². The van der Waals surface area contributed by atoms with E-state index in [0.29, 0.717) is 13.2 Å². The zero-order valence-electron chi connectivity index (χ0n) is 13.7. The molecule has 1 aromatic carbocycles. The number of nitrogens with one attached hydrogen (secondary N) is 1. The van der Waals surface area contributed by atoms with Crippen molar-refractivity contribution in [1.82, 2.24) is 15.2 Å². The standard InChI is InChI=1S/C18H18N4O2S/c1-2-7-21-8-5-12-13(10-21)22(17(23)19-12)18-20-16-11-6-9-24-14(11)3-4-15(16)25-18/h1,3-4,12-13H,5-10H2,(H,19,23)/t12-,13+/m0/s1. The molecule has 128 valence electrons. The molecule has 2 fully saturated rings. The van der Waals surface area contributed by atoms with Crippen LogP contribution in [0.4, 0.5) is 9.93 Å². The van der Waals surface area contributed by atoms with Gasteiger partial charge in [-0.3, -0.25) is 9.80 Å². The van der Waals surface area contributed by atoms with Gasteiger partial charge in [-0.25, -0.2) is 9.78 Å². The van der Waals surface area contributed by atoms with E-state index in [2.05, 4.69) is 16.1 Å². The summed E-state index contributed by atoms with van der Waals surface area (Å²) in [5.41, 5.74) is 2.14. The van der Waals surface area contributed by atoms with Crippen LogP contribution in [-0.4, -0.2) is 54.2 Å². The van der Waals surface area contributed by atoms with Gasteiger partial charge in [0.25, 0.3) is 0 Å². The minimum absolute atomic E-state index is 0.0514. The number of amides is 2. The Morgan fingerprint density at radius 2 is 2.40 bits per heavy atom. The molecular formula is C18H18N4O2S. The van der Waals surface area contributed by atoms with E-state index >= 15 is 0 Å². The fourth-order valence-electron chi connectivity index (χ4n) is 4.07. The smallest absolute Gasteiger partial charge is 0.324 e. The number of piperidine rings is 1. The summed E-state index contributed by atoms with van der Waals surface area (Å²) in [5, 5.41) is 3.88. The number of carbonyl (C=O) groups excluding carboxylic acids is 1. The van der Waals surface area contributed by atoms with Crippen LogP contribution in [0.2, 0.25) is 0 Å². The predicted octanol–water partition coefficient (Wildman–Crippen LogP) is 1.84. The van der Waals surface area contributed by atoms with Gasteiger partial charge in [0.1, 0.15) is 5.75 Å². The number of benzene rings is 1. The minimum Gasteiger partial charge on any atom is -0.493 e. The maximum absolute atomic E-state index is 12.6. The van der Waals surface area contributed by atoms with Gasteiger partial charge in [0.05, 0.1) is 35.5 Å². The molecular weight excluding hydrogens is 336 g/mol. The summed E-state index contributed by atoms with van der Waals surface area (Å²) >= 11 is 1.57. The first kappa shape index (κ1) is 15.0. The van der Waals surface area contributed by atoms with Crippen LogP contribution in [0.1, 0.15) is 12.0 Å². The Labute approximate surface area is 149 Å². The monoisotopic (exact) mass is 354 g/mol. The van der Waals surface area contributed by atoms with Crippen molar-refractivity contribution >= 4 is 32.7 Å². The Hall–Kier alpha value is -2.30. The minimum atomic E-state index is -0.0514. The third-order valence-corrected chi connectivity index (χ3v) is 6.29. The fraction of sp³-hybridized carbons (Fsp3) is 0.444. The van der Waals surface area contributed by atoms with Gasteiger partial charge >= 0.3 is 6.03 Å². The van der Waals surface area contributed by atoms with E-state index in [4.69, 9.17) is 16.1 Å². The van der Waals surface area contributed by atoms with Crippen molar-refractivity contribution < 1.29 is 9.53 Å². The number of hydrogen-bond acceptors (Lipinski definition) is 5. The Bertz CT molecular complexity index is 902. The van der Waals surface area contributed by atoms with Gasteiger partial charge in [0, 0.05) is 25.1 Å². The molecule has 1 aromatic heterocycles. The van der Waals surface area contributed by atoms with Gasteiger partial charge in [-0.15, -0.1) is 6.42 Å². The summed E-state index contributed by atoms with van der Waals surface area (Å²) in [5.74, 6) is 3.63. The molecule has 1 N–H and O–H groups in total. The van der Waals surface area contributed by atoms with Crippen molar-refractivity contribution in [2.45, 2.75) is 24.9 Å². The van der Waals surface area contributed by atoms with Crippen LogP contribution in [0.5, 0.6) is 5.75 Å². The molecule has 0 saturated carbocycles. The van der Waals surface area contributed by atoms with Gasteiger partial charge in [0.15, 0.2) is 5.13 Å². The number of carbonyl (C=O) groups is 1. The zero-order valence-corrected chi connectivity index (χ0v) is 14.5. The van der Waals surface area contributed by atoms with Crippen molar-refractivity contribution in [2.24, 2.45) is 0 Å². The third kappa shape index (κ3) is 2.29. The highest BCUT2D eigenvalue weighted by Gasteiger charge is 2.44. The highest BCUT2D eigenvalue weighted by Crippen LogP contribution is 2.39. The summed E-state index contributed by atoms with van der Waals surface area (Å²) in [6.07, 6.45) is 7.26. The summed E-state index contributed by atoms with van der Waals surface area (Å²) < 4.78 is 6.74. The normalized spacial score (nSPS) is 25.4. The molecule has 2 amide bonds. The molecule has 7 heteroatoms. The zero-order chi connectivity index (χ0) is 17.0. The van der Waals surface area contributed by atoms with E-state index in [1.165, 1.54) is 0 Å². The SMILES string of the molecule is C#CCN1CC[C@@H]2NC(=O)N(c3nc4c5c(ccc4s3)OCC5)[C@@H]2C1. The Kier molecular flexibility index (Phi) is 3.37. The number of fused-ring (bicyclic) bond motifs is 4. The summed E-state index contributed by atoms with van der Waals surface area (Å²) in [4.78, 5) is 21.5. The predicted molar refractivity (Wildman–Crippen MR) is 97.3 cm³/mol. The molecule has 2 saturated heterocycles. The second kappa shape index (κ2) is 5.61. The fourth-order valence-corrected chi connectivity index (χ4v) is 5.12. The number of ether oxygens (including phenoxy) is 1. The molecule has 5 rings (SSSR count). The maximum Gasteiger partial charge on any atom is 0.324 e. The Morgan fingerprint density at radius 3 is 3.28 bits per heavy atom. The van der Waals surface area contributed by atoms with E-state index in [9.17, 15) is 4.79 Å². The Morgan fingerprint density at radius 1 is 1.48 bits per heavy atom. The molecule has 3 aliphatic heterocycles. The molecule has 6 nitrogen and oxygen atoms in total. The first-order valence-corrected chi connectivity index (χ1v) is 9.37. The molecule has 4 heterocycles. The highest BCUT2D eigenvalue weighted by atomic mass is 32.1. The largest absolute Gasteiger partial charge is 0.493 e. The lowest BCUT2D eigenvalue weighted by Gasteiger charge is -2.35. The van der Waals surface area contributed by atoms with Crippen LogP contribution in [-0.2, 0) is 6.42 Å². The molecule has 0 radical (unpaired) electrons.